The van der Waals surface area contributed by atoms with Crippen molar-refractivity contribution in [1.29, 1.82) is 0 Å². The number of hydrogen-bond acceptors (Lipinski definition) is 3. The lowest BCUT2D eigenvalue weighted by molar-refractivity contribution is -0.0480. The van der Waals surface area contributed by atoms with Crippen molar-refractivity contribution in [3.63, 3.8) is 0 Å². The van der Waals surface area contributed by atoms with Gasteiger partial charge in [0.1, 0.15) is 0 Å². The smallest absolute Gasteiger partial charge is 0.161 e. The van der Waals surface area contributed by atoms with Crippen LogP contribution < -0.4 is 9.47 Å². The average molecular weight is 315 g/mol. The second-order valence-electron chi connectivity index (χ2n) is 4.63. The molecule has 0 unspecified atom stereocenters. The molecule has 18 heavy (non-hydrogen) atoms. The van der Waals surface area contributed by atoms with Gasteiger partial charge in [0.05, 0.1) is 26.4 Å². The highest BCUT2D eigenvalue weighted by molar-refractivity contribution is 9.09. The number of rotatable bonds is 4. The van der Waals surface area contributed by atoms with Gasteiger partial charge in [0.2, 0.25) is 0 Å². The van der Waals surface area contributed by atoms with Crippen LogP contribution in [0.2, 0.25) is 0 Å². The van der Waals surface area contributed by atoms with E-state index in [1.54, 1.807) is 14.2 Å². The molecule has 0 aliphatic carbocycles. The molecule has 0 saturated heterocycles. The molecule has 0 saturated carbocycles. The summed E-state index contributed by atoms with van der Waals surface area (Å²) in [5.41, 5.74) is 2.27. The van der Waals surface area contributed by atoms with Gasteiger partial charge in [-0.25, -0.2) is 0 Å². The van der Waals surface area contributed by atoms with E-state index in [9.17, 15) is 0 Å². The van der Waals surface area contributed by atoms with Crippen molar-refractivity contribution in [2.75, 3.05) is 26.2 Å². The Balaban J connectivity index is 2.50. The van der Waals surface area contributed by atoms with Crippen molar-refractivity contribution in [3.05, 3.63) is 23.3 Å². The zero-order chi connectivity index (χ0) is 13.2. The molecule has 0 bridgehead atoms. The van der Waals surface area contributed by atoms with E-state index in [0.29, 0.717) is 0 Å². The maximum atomic E-state index is 5.98. The SMILES string of the molecule is COc1cc2c(cc1OC)[C@@](C)(CCBr)OCC2. The fourth-order valence-electron chi connectivity index (χ4n) is 2.47. The predicted molar refractivity (Wildman–Crippen MR) is 75.0 cm³/mol. The van der Waals surface area contributed by atoms with Crippen LogP contribution in [0.3, 0.4) is 0 Å². The molecule has 1 aromatic rings. The highest BCUT2D eigenvalue weighted by Crippen LogP contribution is 2.41. The van der Waals surface area contributed by atoms with Crippen LogP contribution in [-0.4, -0.2) is 26.2 Å². The summed E-state index contributed by atoms with van der Waals surface area (Å²) in [6.45, 7) is 2.89. The minimum atomic E-state index is -0.239. The zero-order valence-corrected chi connectivity index (χ0v) is 12.7. The number of alkyl halides is 1. The van der Waals surface area contributed by atoms with Gasteiger partial charge >= 0.3 is 0 Å². The lowest BCUT2D eigenvalue weighted by Gasteiger charge is -2.36. The van der Waals surface area contributed by atoms with E-state index in [1.807, 2.05) is 0 Å². The van der Waals surface area contributed by atoms with Gasteiger partial charge in [-0.15, -0.1) is 0 Å². The number of methoxy groups -OCH3 is 2. The third-order valence-corrected chi connectivity index (χ3v) is 3.94. The Morgan fingerprint density at radius 1 is 1.28 bits per heavy atom. The quantitative estimate of drug-likeness (QED) is 0.798. The van der Waals surface area contributed by atoms with Crippen LogP contribution in [0.15, 0.2) is 12.1 Å². The fourth-order valence-corrected chi connectivity index (χ4v) is 3.23. The highest BCUT2D eigenvalue weighted by atomic mass is 79.9. The first-order valence-electron chi connectivity index (χ1n) is 6.10. The third kappa shape index (κ3) is 2.36. The predicted octanol–water partition coefficient (Wildman–Crippen LogP) is 3.28. The maximum absolute atomic E-state index is 5.98. The molecule has 1 aliphatic heterocycles. The van der Waals surface area contributed by atoms with E-state index in [-0.39, 0.29) is 5.60 Å². The number of halogens is 1. The molecule has 3 nitrogen and oxygen atoms in total. The summed E-state index contributed by atoms with van der Waals surface area (Å²) in [4.78, 5) is 0. The Labute approximate surface area is 117 Å². The number of benzene rings is 1. The minimum Gasteiger partial charge on any atom is -0.493 e. The zero-order valence-electron chi connectivity index (χ0n) is 11.1. The summed E-state index contributed by atoms with van der Waals surface area (Å²) in [5, 5.41) is 0.914. The van der Waals surface area contributed by atoms with E-state index in [4.69, 9.17) is 14.2 Å². The Kier molecular flexibility index (Phi) is 4.17. The first-order chi connectivity index (χ1) is 8.64. The lowest BCUT2D eigenvalue weighted by atomic mass is 9.85. The topological polar surface area (TPSA) is 27.7 Å². The molecule has 1 atom stereocenters. The fraction of sp³-hybridized carbons (Fsp3) is 0.571. The monoisotopic (exact) mass is 314 g/mol. The molecule has 0 spiro atoms. The third-order valence-electron chi connectivity index (χ3n) is 3.54. The lowest BCUT2D eigenvalue weighted by Crippen LogP contribution is -2.33. The number of fused-ring (bicyclic) bond motifs is 1. The second kappa shape index (κ2) is 5.49. The molecule has 1 aromatic carbocycles. The minimum absolute atomic E-state index is 0.239. The van der Waals surface area contributed by atoms with Crippen LogP contribution in [0, 0.1) is 0 Å². The Morgan fingerprint density at radius 2 is 1.94 bits per heavy atom. The molecule has 2 rings (SSSR count). The Hall–Kier alpha value is -0.740. The molecule has 0 aromatic heterocycles. The molecule has 1 heterocycles. The van der Waals surface area contributed by atoms with Gasteiger partial charge in [-0.1, -0.05) is 15.9 Å². The van der Waals surface area contributed by atoms with Crippen LogP contribution in [0.5, 0.6) is 11.5 Å². The molecule has 1 aliphatic rings. The van der Waals surface area contributed by atoms with Gasteiger partial charge in [0.15, 0.2) is 11.5 Å². The van der Waals surface area contributed by atoms with Gasteiger partial charge in [-0.05, 0) is 43.0 Å². The summed E-state index contributed by atoms with van der Waals surface area (Å²) in [6, 6.07) is 4.12. The van der Waals surface area contributed by atoms with Gasteiger partial charge in [0, 0.05) is 5.33 Å². The van der Waals surface area contributed by atoms with E-state index in [1.165, 1.54) is 11.1 Å². The van der Waals surface area contributed by atoms with Crippen LogP contribution >= 0.6 is 15.9 Å². The highest BCUT2D eigenvalue weighted by Gasteiger charge is 2.33. The molecule has 4 heteroatoms. The summed E-state index contributed by atoms with van der Waals surface area (Å²) < 4.78 is 16.7. The van der Waals surface area contributed by atoms with E-state index < -0.39 is 0 Å². The first kappa shape index (κ1) is 13.7. The van der Waals surface area contributed by atoms with Crippen molar-refractivity contribution in [1.82, 2.24) is 0 Å². The van der Waals surface area contributed by atoms with Crippen LogP contribution in [0.1, 0.15) is 24.5 Å². The van der Waals surface area contributed by atoms with Crippen LogP contribution in [0.4, 0.5) is 0 Å². The molecule has 100 valence electrons. The average Bonchev–Trinajstić information content (AvgIpc) is 2.38. The van der Waals surface area contributed by atoms with Crippen LogP contribution in [0.25, 0.3) is 0 Å². The number of hydrogen-bond donors (Lipinski definition) is 0. The summed E-state index contributed by atoms with van der Waals surface area (Å²) >= 11 is 3.50. The summed E-state index contributed by atoms with van der Waals surface area (Å²) in [5.74, 6) is 1.56. The van der Waals surface area contributed by atoms with Crippen LogP contribution in [-0.2, 0) is 16.8 Å². The molecule has 0 amide bonds. The summed E-state index contributed by atoms with van der Waals surface area (Å²) in [6.07, 6.45) is 1.86. The standard InChI is InChI=1S/C14H19BrO3/c1-14(5-6-15)11-9-13(17-3)12(16-2)8-10(11)4-7-18-14/h8-9H,4-7H2,1-3H3/t14-/m1/s1. The largest absolute Gasteiger partial charge is 0.493 e. The van der Waals surface area contributed by atoms with Crippen molar-refractivity contribution < 1.29 is 14.2 Å². The molecule has 0 fully saturated rings. The first-order valence-corrected chi connectivity index (χ1v) is 7.22. The van der Waals surface area contributed by atoms with Gasteiger partial charge in [-0.2, -0.15) is 0 Å². The van der Waals surface area contributed by atoms with E-state index in [0.717, 1.165) is 36.3 Å². The van der Waals surface area contributed by atoms with Gasteiger partial charge in [-0.3, -0.25) is 0 Å². The molecule has 0 N–H and O–H groups in total. The van der Waals surface area contributed by atoms with Gasteiger partial charge in [0.25, 0.3) is 0 Å². The Morgan fingerprint density at radius 3 is 2.56 bits per heavy atom. The Bertz CT molecular complexity index is 433. The molecular formula is C14H19BrO3. The molecule has 0 radical (unpaired) electrons. The second-order valence-corrected chi connectivity index (χ2v) is 5.43. The molecular weight excluding hydrogens is 296 g/mol. The number of ether oxygens (including phenoxy) is 3. The van der Waals surface area contributed by atoms with E-state index >= 15 is 0 Å². The van der Waals surface area contributed by atoms with Crippen molar-refractivity contribution in [2.45, 2.75) is 25.4 Å². The maximum Gasteiger partial charge on any atom is 0.161 e. The van der Waals surface area contributed by atoms with E-state index in [2.05, 4.69) is 35.0 Å². The van der Waals surface area contributed by atoms with Crippen molar-refractivity contribution in [3.8, 4) is 11.5 Å². The van der Waals surface area contributed by atoms with Crippen molar-refractivity contribution in [2.24, 2.45) is 0 Å². The normalized spacial score (nSPS) is 22.4. The van der Waals surface area contributed by atoms with Gasteiger partial charge < -0.3 is 14.2 Å². The van der Waals surface area contributed by atoms with Crippen molar-refractivity contribution >= 4 is 15.9 Å². The summed E-state index contributed by atoms with van der Waals surface area (Å²) in [7, 11) is 3.33.